The van der Waals surface area contributed by atoms with Crippen molar-refractivity contribution in [2.75, 3.05) is 5.73 Å². The highest BCUT2D eigenvalue weighted by atomic mass is 32.1. The maximum Gasteiger partial charge on any atom is 0.293 e. The van der Waals surface area contributed by atoms with Crippen LogP contribution in [0, 0.1) is 6.92 Å². The fraction of sp³-hybridized carbons (Fsp3) is 0.125. The van der Waals surface area contributed by atoms with Gasteiger partial charge in [-0.1, -0.05) is 16.5 Å². The number of furan rings is 1. The van der Waals surface area contributed by atoms with Crippen LogP contribution in [0.25, 0.3) is 21.9 Å². The number of anilines is 1. The summed E-state index contributed by atoms with van der Waals surface area (Å²) in [7, 11) is 0. The van der Waals surface area contributed by atoms with Crippen molar-refractivity contribution in [3.63, 3.8) is 0 Å². The van der Waals surface area contributed by atoms with E-state index < -0.39 is 0 Å². The van der Waals surface area contributed by atoms with Gasteiger partial charge in [0.2, 0.25) is 0 Å². The average Bonchev–Trinajstić information content (AvgIpc) is 3.31. The second-order valence-electron chi connectivity index (χ2n) is 5.37. The molecule has 0 saturated heterocycles. The number of nitrogen functional groups attached to an aromatic ring is 1. The largest absolute Gasteiger partial charge is 0.459 e. The van der Waals surface area contributed by atoms with Crippen LogP contribution < -0.4 is 11.1 Å². The molecule has 9 heteroatoms. The third-order valence-electron chi connectivity index (χ3n) is 3.57. The molecule has 4 rings (SSSR count). The summed E-state index contributed by atoms with van der Waals surface area (Å²) >= 11 is 1.35. The van der Waals surface area contributed by atoms with Gasteiger partial charge in [0.25, 0.3) is 11.8 Å². The molecule has 1 amide bonds. The summed E-state index contributed by atoms with van der Waals surface area (Å²) in [6.45, 7) is 2.04. The molecule has 25 heavy (non-hydrogen) atoms. The van der Waals surface area contributed by atoms with E-state index >= 15 is 0 Å². The number of carbonyl (C=O) groups is 1. The number of fused-ring (bicyclic) bond motifs is 1. The lowest BCUT2D eigenvalue weighted by atomic mass is 10.1. The predicted molar refractivity (Wildman–Crippen MR) is 91.9 cm³/mol. The maximum atomic E-state index is 12.4. The molecule has 0 atom stereocenters. The topological polar surface area (TPSA) is 120 Å². The fourth-order valence-electron chi connectivity index (χ4n) is 2.43. The second-order valence-corrected chi connectivity index (χ2v) is 6.43. The standard InChI is InChI=1S/C16H13N5O3S/c1-8-5-9(6-11-13(8)20-16(17)25-11)14(22)18-7-12-19-15(24-21-12)10-3-2-4-23-10/h2-6H,7H2,1H3,(H2,17,20)(H,18,22). The lowest BCUT2D eigenvalue weighted by Crippen LogP contribution is -2.23. The van der Waals surface area contributed by atoms with E-state index in [0.29, 0.717) is 22.3 Å². The minimum absolute atomic E-state index is 0.144. The Balaban J connectivity index is 1.49. The molecule has 0 aliphatic carbocycles. The van der Waals surface area contributed by atoms with Crippen molar-refractivity contribution in [3.8, 4) is 11.7 Å². The molecule has 4 aromatic rings. The molecule has 0 radical (unpaired) electrons. The number of hydrogen-bond donors (Lipinski definition) is 2. The SMILES string of the molecule is Cc1cc(C(=O)NCc2noc(-c3ccco3)n2)cc2sc(N)nc12. The Hall–Kier alpha value is -3.20. The Morgan fingerprint density at radius 2 is 2.24 bits per heavy atom. The zero-order chi connectivity index (χ0) is 17.4. The molecule has 1 aromatic carbocycles. The Labute approximate surface area is 145 Å². The number of nitrogens with zero attached hydrogens (tertiary/aromatic N) is 3. The molecule has 3 aromatic heterocycles. The van der Waals surface area contributed by atoms with Gasteiger partial charge in [-0.2, -0.15) is 4.98 Å². The van der Waals surface area contributed by atoms with Crippen molar-refractivity contribution in [1.82, 2.24) is 20.4 Å². The maximum absolute atomic E-state index is 12.4. The second kappa shape index (κ2) is 6.02. The van der Waals surface area contributed by atoms with E-state index in [9.17, 15) is 4.79 Å². The highest BCUT2D eigenvalue weighted by molar-refractivity contribution is 7.22. The Bertz CT molecular complexity index is 1050. The first-order valence-electron chi connectivity index (χ1n) is 7.41. The Kier molecular flexibility index (Phi) is 3.69. The summed E-state index contributed by atoms with van der Waals surface area (Å²) < 4.78 is 11.2. The van der Waals surface area contributed by atoms with Crippen LogP contribution in [-0.4, -0.2) is 21.0 Å². The van der Waals surface area contributed by atoms with Crippen LogP contribution in [0.3, 0.4) is 0 Å². The highest BCUT2D eigenvalue weighted by Crippen LogP contribution is 2.27. The summed E-state index contributed by atoms with van der Waals surface area (Å²) in [6.07, 6.45) is 1.52. The Morgan fingerprint density at radius 1 is 1.36 bits per heavy atom. The van der Waals surface area contributed by atoms with E-state index in [1.54, 1.807) is 24.3 Å². The number of nitrogens with one attached hydrogen (secondary N) is 1. The first kappa shape index (κ1) is 15.3. The number of aryl methyl sites for hydroxylation is 1. The fourth-order valence-corrected chi connectivity index (χ4v) is 3.28. The summed E-state index contributed by atoms with van der Waals surface area (Å²) in [6, 6.07) is 7.00. The Morgan fingerprint density at radius 3 is 3.04 bits per heavy atom. The van der Waals surface area contributed by atoms with Gasteiger partial charge in [0.1, 0.15) is 0 Å². The first-order valence-corrected chi connectivity index (χ1v) is 8.23. The van der Waals surface area contributed by atoms with E-state index in [1.165, 1.54) is 17.6 Å². The third kappa shape index (κ3) is 2.96. The average molecular weight is 355 g/mol. The zero-order valence-corrected chi connectivity index (χ0v) is 14.0. The van der Waals surface area contributed by atoms with Gasteiger partial charge in [-0.25, -0.2) is 4.98 Å². The molecule has 0 unspecified atom stereocenters. The molecule has 0 saturated carbocycles. The van der Waals surface area contributed by atoms with E-state index in [4.69, 9.17) is 14.7 Å². The lowest BCUT2D eigenvalue weighted by molar-refractivity contribution is 0.0949. The van der Waals surface area contributed by atoms with Crippen LogP contribution in [0.1, 0.15) is 21.7 Å². The molecular weight excluding hydrogens is 342 g/mol. The molecule has 0 spiro atoms. The summed E-state index contributed by atoms with van der Waals surface area (Å²) in [4.78, 5) is 20.8. The predicted octanol–water partition coefficient (Wildman–Crippen LogP) is 2.76. The van der Waals surface area contributed by atoms with E-state index in [1.807, 2.05) is 6.92 Å². The van der Waals surface area contributed by atoms with Gasteiger partial charge in [-0.05, 0) is 36.8 Å². The van der Waals surface area contributed by atoms with E-state index in [2.05, 4.69) is 20.4 Å². The minimum atomic E-state index is -0.235. The minimum Gasteiger partial charge on any atom is -0.459 e. The normalized spacial score (nSPS) is 11.1. The molecule has 0 fully saturated rings. The number of hydrogen-bond acceptors (Lipinski definition) is 8. The van der Waals surface area contributed by atoms with Gasteiger partial charge in [0, 0.05) is 5.56 Å². The first-order chi connectivity index (χ1) is 12.1. The van der Waals surface area contributed by atoms with Gasteiger partial charge in [0.15, 0.2) is 16.7 Å². The van der Waals surface area contributed by atoms with Crippen LogP contribution >= 0.6 is 11.3 Å². The van der Waals surface area contributed by atoms with Crippen molar-refractivity contribution in [1.29, 1.82) is 0 Å². The number of rotatable bonds is 4. The van der Waals surface area contributed by atoms with Crippen LogP contribution in [0.5, 0.6) is 0 Å². The summed E-state index contributed by atoms with van der Waals surface area (Å²) in [5, 5.41) is 7.07. The van der Waals surface area contributed by atoms with Crippen LogP contribution in [0.4, 0.5) is 5.13 Å². The molecule has 126 valence electrons. The molecule has 0 aliphatic rings. The van der Waals surface area contributed by atoms with Crippen LogP contribution in [0.15, 0.2) is 39.5 Å². The van der Waals surface area contributed by atoms with Crippen molar-refractivity contribution < 1.29 is 13.7 Å². The van der Waals surface area contributed by atoms with Gasteiger partial charge in [-0.15, -0.1) is 0 Å². The molecule has 0 bridgehead atoms. The molecule has 3 heterocycles. The number of amides is 1. The smallest absolute Gasteiger partial charge is 0.293 e. The number of carbonyl (C=O) groups excluding carboxylic acids is 1. The van der Waals surface area contributed by atoms with Gasteiger partial charge in [-0.3, -0.25) is 4.79 Å². The van der Waals surface area contributed by atoms with Crippen molar-refractivity contribution in [2.45, 2.75) is 13.5 Å². The van der Waals surface area contributed by atoms with Crippen molar-refractivity contribution in [3.05, 3.63) is 47.5 Å². The number of benzene rings is 1. The molecule has 8 nitrogen and oxygen atoms in total. The molecular formula is C16H13N5O3S. The zero-order valence-electron chi connectivity index (χ0n) is 13.1. The third-order valence-corrected chi connectivity index (χ3v) is 4.40. The van der Waals surface area contributed by atoms with Crippen LogP contribution in [-0.2, 0) is 6.54 Å². The number of nitrogens with two attached hydrogens (primary N) is 1. The number of thiazole rings is 1. The lowest BCUT2D eigenvalue weighted by Gasteiger charge is -2.04. The molecule has 3 N–H and O–H groups in total. The van der Waals surface area contributed by atoms with Crippen molar-refractivity contribution >= 4 is 32.6 Å². The summed E-state index contributed by atoms with van der Waals surface area (Å²) in [5.74, 6) is 0.876. The van der Waals surface area contributed by atoms with Crippen molar-refractivity contribution in [2.24, 2.45) is 0 Å². The van der Waals surface area contributed by atoms with Crippen LogP contribution in [0.2, 0.25) is 0 Å². The molecule has 0 aliphatic heterocycles. The number of aromatic nitrogens is 3. The summed E-state index contributed by atoms with van der Waals surface area (Å²) in [5.41, 5.74) is 7.98. The van der Waals surface area contributed by atoms with Gasteiger partial charge < -0.3 is 20.0 Å². The van der Waals surface area contributed by atoms with E-state index in [-0.39, 0.29) is 18.3 Å². The van der Waals surface area contributed by atoms with Gasteiger partial charge >= 0.3 is 0 Å². The van der Waals surface area contributed by atoms with E-state index in [0.717, 1.165) is 15.8 Å². The highest BCUT2D eigenvalue weighted by Gasteiger charge is 2.14. The monoisotopic (exact) mass is 355 g/mol. The quantitative estimate of drug-likeness (QED) is 0.577. The van der Waals surface area contributed by atoms with Gasteiger partial charge in [0.05, 0.1) is 23.0 Å².